The van der Waals surface area contributed by atoms with Gasteiger partial charge in [-0.25, -0.2) is 0 Å². The molecule has 0 aromatic heterocycles. The number of halogens is 1. The summed E-state index contributed by atoms with van der Waals surface area (Å²) in [5.41, 5.74) is 2.63. The lowest BCUT2D eigenvalue weighted by atomic mass is 10.1. The molecule has 24 heavy (non-hydrogen) atoms. The van der Waals surface area contributed by atoms with Gasteiger partial charge in [0.15, 0.2) is 0 Å². The molecule has 0 radical (unpaired) electrons. The second-order valence-electron chi connectivity index (χ2n) is 6.16. The predicted molar refractivity (Wildman–Crippen MR) is 112 cm³/mol. The van der Waals surface area contributed by atoms with Crippen molar-refractivity contribution in [2.24, 2.45) is 0 Å². The molecule has 2 aromatic rings. The quantitative estimate of drug-likeness (QED) is 0.321. The molecule has 2 rings (SSSR count). The molecule has 2 aromatic carbocycles. The Morgan fingerprint density at radius 3 is 2.17 bits per heavy atom. The third kappa shape index (κ3) is 6.34. The summed E-state index contributed by atoms with van der Waals surface area (Å²) in [6.07, 6.45) is 6.56. The van der Waals surface area contributed by atoms with Crippen molar-refractivity contribution >= 4 is 28.3 Å². The number of benzene rings is 2. The molecule has 0 aliphatic rings. The van der Waals surface area contributed by atoms with E-state index in [9.17, 15) is 0 Å². The standard InChI is InChI=1S/C21H28INO/c1-3-4-5-6-7-16-23(20-12-10-19(22)11-13-20)17-18-8-14-21(24-2)15-9-18/h8-15H,3-7,16-17H2,1-2H3. The summed E-state index contributed by atoms with van der Waals surface area (Å²) in [7, 11) is 1.71. The van der Waals surface area contributed by atoms with Gasteiger partial charge in [0.25, 0.3) is 0 Å². The van der Waals surface area contributed by atoms with Crippen molar-refractivity contribution in [3.63, 3.8) is 0 Å². The lowest BCUT2D eigenvalue weighted by Gasteiger charge is -2.25. The van der Waals surface area contributed by atoms with Gasteiger partial charge in [-0.15, -0.1) is 0 Å². The zero-order valence-corrected chi connectivity index (χ0v) is 17.0. The molecule has 0 heterocycles. The van der Waals surface area contributed by atoms with E-state index in [1.54, 1.807) is 7.11 Å². The van der Waals surface area contributed by atoms with Crippen LogP contribution in [0.4, 0.5) is 5.69 Å². The summed E-state index contributed by atoms with van der Waals surface area (Å²) in [4.78, 5) is 2.49. The van der Waals surface area contributed by atoms with Crippen molar-refractivity contribution in [2.45, 2.75) is 45.6 Å². The average molecular weight is 437 g/mol. The van der Waals surface area contributed by atoms with Crippen LogP contribution in [0.25, 0.3) is 0 Å². The third-order valence-corrected chi connectivity index (χ3v) is 4.98. The summed E-state index contributed by atoms with van der Waals surface area (Å²) in [5, 5.41) is 0. The summed E-state index contributed by atoms with van der Waals surface area (Å²) >= 11 is 2.36. The van der Waals surface area contributed by atoms with Crippen LogP contribution < -0.4 is 9.64 Å². The Labute approximate surface area is 160 Å². The Balaban J connectivity index is 2.01. The van der Waals surface area contributed by atoms with Gasteiger partial charge < -0.3 is 9.64 Å². The smallest absolute Gasteiger partial charge is 0.118 e. The molecular formula is C21H28INO. The van der Waals surface area contributed by atoms with E-state index in [4.69, 9.17) is 4.74 Å². The maximum atomic E-state index is 5.26. The van der Waals surface area contributed by atoms with E-state index in [2.05, 4.69) is 70.8 Å². The van der Waals surface area contributed by atoms with Crippen molar-refractivity contribution < 1.29 is 4.74 Å². The Hall–Kier alpha value is -1.23. The first-order chi connectivity index (χ1) is 11.7. The number of methoxy groups -OCH3 is 1. The van der Waals surface area contributed by atoms with Gasteiger partial charge in [0.2, 0.25) is 0 Å². The molecule has 0 aliphatic carbocycles. The predicted octanol–water partition coefficient (Wildman–Crippen LogP) is 6.28. The molecule has 0 N–H and O–H groups in total. The minimum absolute atomic E-state index is 0.916. The van der Waals surface area contributed by atoms with Crippen molar-refractivity contribution in [3.05, 3.63) is 57.7 Å². The SMILES string of the molecule is CCCCCCCN(Cc1ccc(OC)cc1)c1ccc(I)cc1. The lowest BCUT2D eigenvalue weighted by molar-refractivity contribution is 0.414. The van der Waals surface area contributed by atoms with Gasteiger partial charge >= 0.3 is 0 Å². The normalized spacial score (nSPS) is 10.6. The fourth-order valence-corrected chi connectivity index (χ4v) is 3.17. The molecule has 0 fully saturated rings. The van der Waals surface area contributed by atoms with Crippen molar-refractivity contribution in [1.82, 2.24) is 0 Å². The molecule has 130 valence electrons. The van der Waals surface area contributed by atoms with E-state index in [1.165, 1.54) is 46.9 Å². The first kappa shape index (κ1) is 19.1. The fourth-order valence-electron chi connectivity index (χ4n) is 2.81. The number of hydrogen-bond donors (Lipinski definition) is 0. The van der Waals surface area contributed by atoms with Gasteiger partial charge in [0, 0.05) is 22.3 Å². The van der Waals surface area contributed by atoms with Gasteiger partial charge in [-0.1, -0.05) is 44.7 Å². The molecule has 0 aliphatic heterocycles. The topological polar surface area (TPSA) is 12.5 Å². The summed E-state index contributed by atoms with van der Waals surface area (Å²) in [6.45, 7) is 4.32. The largest absolute Gasteiger partial charge is 0.497 e. The molecule has 0 unspecified atom stereocenters. The molecule has 0 amide bonds. The molecule has 0 spiro atoms. The molecule has 3 heteroatoms. The number of ether oxygens (including phenoxy) is 1. The van der Waals surface area contributed by atoms with Crippen LogP contribution in [0.3, 0.4) is 0 Å². The number of hydrogen-bond acceptors (Lipinski definition) is 2. The first-order valence-corrected chi connectivity index (χ1v) is 9.94. The zero-order valence-electron chi connectivity index (χ0n) is 14.8. The van der Waals surface area contributed by atoms with Crippen LogP contribution in [0, 0.1) is 3.57 Å². The highest BCUT2D eigenvalue weighted by molar-refractivity contribution is 14.1. The van der Waals surface area contributed by atoms with Gasteiger partial charge in [0.1, 0.15) is 5.75 Å². The molecule has 0 atom stereocenters. The summed E-state index contributed by atoms with van der Waals surface area (Å²) < 4.78 is 6.54. The minimum Gasteiger partial charge on any atom is -0.497 e. The third-order valence-electron chi connectivity index (χ3n) is 4.26. The fraction of sp³-hybridized carbons (Fsp3) is 0.429. The van der Waals surface area contributed by atoms with E-state index in [1.807, 2.05) is 12.1 Å². The van der Waals surface area contributed by atoms with Crippen LogP contribution in [-0.2, 0) is 6.54 Å². The number of unbranched alkanes of at least 4 members (excludes halogenated alkanes) is 4. The van der Waals surface area contributed by atoms with Crippen LogP contribution in [0.1, 0.15) is 44.6 Å². The van der Waals surface area contributed by atoms with E-state index in [0.29, 0.717) is 0 Å². The number of rotatable bonds is 10. The van der Waals surface area contributed by atoms with Crippen LogP contribution in [-0.4, -0.2) is 13.7 Å². The van der Waals surface area contributed by atoms with Crippen LogP contribution in [0.15, 0.2) is 48.5 Å². The van der Waals surface area contributed by atoms with Crippen LogP contribution in [0.5, 0.6) is 5.75 Å². The van der Waals surface area contributed by atoms with Gasteiger partial charge in [0.05, 0.1) is 7.11 Å². The van der Waals surface area contributed by atoms with E-state index >= 15 is 0 Å². The Kier molecular flexibility index (Phi) is 8.43. The Morgan fingerprint density at radius 1 is 0.875 bits per heavy atom. The second kappa shape index (κ2) is 10.6. The van der Waals surface area contributed by atoms with Gasteiger partial charge in [-0.2, -0.15) is 0 Å². The average Bonchev–Trinajstić information content (AvgIpc) is 2.62. The molecule has 0 saturated carbocycles. The lowest BCUT2D eigenvalue weighted by Crippen LogP contribution is -2.23. The maximum absolute atomic E-state index is 5.26. The Morgan fingerprint density at radius 2 is 1.54 bits per heavy atom. The van der Waals surface area contributed by atoms with Crippen molar-refractivity contribution in [2.75, 3.05) is 18.6 Å². The van der Waals surface area contributed by atoms with Crippen LogP contribution >= 0.6 is 22.6 Å². The van der Waals surface area contributed by atoms with E-state index in [-0.39, 0.29) is 0 Å². The minimum atomic E-state index is 0.916. The molecule has 2 nitrogen and oxygen atoms in total. The van der Waals surface area contributed by atoms with E-state index < -0.39 is 0 Å². The molecule has 0 bridgehead atoms. The Bertz CT molecular complexity index is 580. The summed E-state index contributed by atoms with van der Waals surface area (Å²) in [5.74, 6) is 0.916. The van der Waals surface area contributed by atoms with Gasteiger partial charge in [-0.3, -0.25) is 0 Å². The monoisotopic (exact) mass is 437 g/mol. The highest BCUT2D eigenvalue weighted by Crippen LogP contribution is 2.21. The first-order valence-electron chi connectivity index (χ1n) is 8.86. The maximum Gasteiger partial charge on any atom is 0.118 e. The highest BCUT2D eigenvalue weighted by atomic mass is 127. The second-order valence-corrected chi connectivity index (χ2v) is 7.41. The number of anilines is 1. The molecule has 0 saturated heterocycles. The summed E-state index contributed by atoms with van der Waals surface area (Å²) in [6, 6.07) is 17.3. The zero-order chi connectivity index (χ0) is 17.2. The van der Waals surface area contributed by atoms with Crippen molar-refractivity contribution in [3.8, 4) is 5.75 Å². The van der Waals surface area contributed by atoms with Crippen LogP contribution in [0.2, 0.25) is 0 Å². The van der Waals surface area contributed by atoms with Gasteiger partial charge in [-0.05, 0) is 71.0 Å². The van der Waals surface area contributed by atoms with Crippen molar-refractivity contribution in [1.29, 1.82) is 0 Å². The number of nitrogens with zero attached hydrogens (tertiary/aromatic N) is 1. The van der Waals surface area contributed by atoms with E-state index in [0.717, 1.165) is 18.8 Å². The highest BCUT2D eigenvalue weighted by Gasteiger charge is 2.08. The molecular weight excluding hydrogens is 409 g/mol.